The van der Waals surface area contributed by atoms with Crippen molar-refractivity contribution in [2.24, 2.45) is 0 Å². The molecule has 2 N–H and O–H groups in total. The van der Waals surface area contributed by atoms with Crippen LogP contribution in [0, 0.1) is 0 Å². The van der Waals surface area contributed by atoms with Crippen LogP contribution in [0.15, 0.2) is 42.5 Å². The van der Waals surface area contributed by atoms with Crippen molar-refractivity contribution in [2.45, 2.75) is 43.8 Å². The van der Waals surface area contributed by atoms with Crippen LogP contribution in [0.25, 0.3) is 0 Å². The summed E-state index contributed by atoms with van der Waals surface area (Å²) in [6.45, 7) is 3.89. The number of carbonyl (C=O) groups is 1. The van der Waals surface area contributed by atoms with Gasteiger partial charge >= 0.3 is 6.03 Å². The molecule has 5 nitrogen and oxygen atoms in total. The topological polar surface area (TPSA) is 55.8 Å². The van der Waals surface area contributed by atoms with E-state index in [-0.39, 0.29) is 23.5 Å². The summed E-state index contributed by atoms with van der Waals surface area (Å²) in [5.74, 6) is 0.305. The van der Waals surface area contributed by atoms with E-state index in [2.05, 4.69) is 36.3 Å². The van der Waals surface area contributed by atoms with Gasteiger partial charge in [0.15, 0.2) is 0 Å². The number of fused-ring (bicyclic) bond motifs is 5. The van der Waals surface area contributed by atoms with Crippen molar-refractivity contribution in [3.63, 3.8) is 0 Å². The molecule has 140 valence electrons. The third kappa shape index (κ3) is 2.38. The molecule has 0 saturated carbocycles. The minimum absolute atomic E-state index is 0.0196. The highest BCUT2D eigenvalue weighted by molar-refractivity contribution is 5.92. The Morgan fingerprint density at radius 2 is 2.00 bits per heavy atom. The van der Waals surface area contributed by atoms with Gasteiger partial charge in [0, 0.05) is 23.7 Å². The molecule has 2 amide bonds. The second-order valence-electron chi connectivity index (χ2n) is 8.42. The molecule has 1 aliphatic carbocycles. The van der Waals surface area contributed by atoms with Gasteiger partial charge in [-0.25, -0.2) is 4.79 Å². The molecule has 27 heavy (non-hydrogen) atoms. The van der Waals surface area contributed by atoms with Crippen molar-refractivity contribution in [1.29, 1.82) is 0 Å². The van der Waals surface area contributed by atoms with Crippen LogP contribution in [0.2, 0.25) is 0 Å². The van der Waals surface area contributed by atoms with Crippen molar-refractivity contribution < 1.29 is 9.90 Å². The number of anilines is 1. The van der Waals surface area contributed by atoms with Gasteiger partial charge in [-0.05, 0) is 61.3 Å². The second kappa shape index (κ2) is 5.73. The first kappa shape index (κ1) is 16.6. The highest BCUT2D eigenvalue weighted by atomic mass is 16.3. The molecular weight excluding hydrogens is 338 g/mol. The minimum atomic E-state index is -0.173. The van der Waals surface area contributed by atoms with Crippen LogP contribution < -0.4 is 5.32 Å². The molecule has 5 heteroatoms. The molecule has 2 bridgehead atoms. The van der Waals surface area contributed by atoms with E-state index in [0.29, 0.717) is 12.3 Å². The van der Waals surface area contributed by atoms with Crippen molar-refractivity contribution >= 4 is 11.7 Å². The molecule has 3 aliphatic rings. The first-order valence-electron chi connectivity index (χ1n) is 9.65. The molecule has 2 aliphatic heterocycles. The summed E-state index contributed by atoms with van der Waals surface area (Å²) in [5, 5.41) is 13.2. The van der Waals surface area contributed by atoms with E-state index in [1.54, 1.807) is 6.07 Å². The average molecular weight is 363 g/mol. The number of benzene rings is 2. The summed E-state index contributed by atoms with van der Waals surface area (Å²) >= 11 is 0. The summed E-state index contributed by atoms with van der Waals surface area (Å²) in [6, 6.07) is 14.1. The summed E-state index contributed by atoms with van der Waals surface area (Å²) in [7, 11) is 2.17. The lowest BCUT2D eigenvalue weighted by molar-refractivity contribution is 0.00765. The van der Waals surface area contributed by atoms with Crippen molar-refractivity contribution in [3.05, 3.63) is 59.2 Å². The van der Waals surface area contributed by atoms with E-state index in [0.717, 1.165) is 30.6 Å². The standard InChI is InChI=1S/C22H25N3O2/c1-22-9-10-24(2)19(11-14-7-8-16(26)12-17(14)22)20(22)25-13-15-5-3-4-6-18(15)23-21(25)27/h3-8,12,19-20,26H,9-11,13H2,1-2H3,(H,23,27)/t19-,20-,22+/m1/s1. The number of para-hydroxylation sites is 1. The number of rotatable bonds is 1. The zero-order valence-electron chi connectivity index (χ0n) is 15.8. The quantitative estimate of drug-likeness (QED) is 0.817. The maximum absolute atomic E-state index is 13.1. The van der Waals surface area contributed by atoms with Crippen LogP contribution in [0.1, 0.15) is 30.0 Å². The number of likely N-dealkylation sites (N-methyl/N-ethyl adjacent to an activating group) is 1. The zero-order chi connectivity index (χ0) is 18.8. The molecule has 2 aromatic rings. The number of hydrogen-bond acceptors (Lipinski definition) is 3. The normalized spacial score (nSPS) is 29.7. The van der Waals surface area contributed by atoms with Gasteiger partial charge in [-0.3, -0.25) is 0 Å². The van der Waals surface area contributed by atoms with E-state index < -0.39 is 0 Å². The Labute approximate surface area is 159 Å². The number of nitrogens with zero attached hydrogens (tertiary/aromatic N) is 2. The Morgan fingerprint density at radius 3 is 2.85 bits per heavy atom. The maximum Gasteiger partial charge on any atom is 0.322 e. The highest BCUT2D eigenvalue weighted by Gasteiger charge is 2.54. The Hall–Kier alpha value is -2.53. The molecule has 1 fully saturated rings. The second-order valence-corrected chi connectivity index (χ2v) is 8.42. The lowest BCUT2D eigenvalue weighted by Crippen LogP contribution is -2.68. The molecule has 3 atom stereocenters. The third-order valence-corrected chi connectivity index (χ3v) is 6.90. The van der Waals surface area contributed by atoms with Gasteiger partial charge in [-0.1, -0.05) is 31.2 Å². The van der Waals surface area contributed by atoms with E-state index in [9.17, 15) is 9.90 Å². The Bertz CT molecular complexity index is 928. The lowest BCUT2D eigenvalue weighted by atomic mass is 9.61. The molecule has 1 saturated heterocycles. The number of nitrogens with one attached hydrogen (secondary N) is 1. The smallest absolute Gasteiger partial charge is 0.322 e. The number of carbonyl (C=O) groups excluding carboxylic acids is 1. The predicted molar refractivity (Wildman–Crippen MR) is 105 cm³/mol. The third-order valence-electron chi connectivity index (χ3n) is 6.90. The van der Waals surface area contributed by atoms with E-state index >= 15 is 0 Å². The summed E-state index contributed by atoms with van der Waals surface area (Å²) in [5.41, 5.74) is 4.39. The van der Waals surface area contributed by atoms with Gasteiger partial charge in [0.2, 0.25) is 0 Å². The molecule has 0 radical (unpaired) electrons. The number of amides is 2. The summed E-state index contributed by atoms with van der Waals surface area (Å²) in [4.78, 5) is 17.5. The van der Waals surface area contributed by atoms with Gasteiger partial charge in [-0.15, -0.1) is 0 Å². The molecule has 5 rings (SSSR count). The Kier molecular flexibility index (Phi) is 3.53. The van der Waals surface area contributed by atoms with Crippen LogP contribution in [0.3, 0.4) is 0 Å². The molecule has 0 spiro atoms. The van der Waals surface area contributed by atoms with Crippen LogP contribution in [-0.4, -0.2) is 46.6 Å². The number of likely N-dealkylation sites (tertiary alicyclic amines) is 1. The zero-order valence-corrected chi connectivity index (χ0v) is 15.8. The molecule has 2 heterocycles. The number of phenolic OH excluding ortho intramolecular Hbond substituents is 1. The fourth-order valence-electron chi connectivity index (χ4n) is 5.45. The monoisotopic (exact) mass is 363 g/mol. The van der Waals surface area contributed by atoms with Gasteiger partial charge in [0.25, 0.3) is 0 Å². The number of piperidine rings is 1. The van der Waals surface area contributed by atoms with Gasteiger partial charge < -0.3 is 20.2 Å². The van der Waals surface area contributed by atoms with Gasteiger partial charge in [0.1, 0.15) is 5.75 Å². The van der Waals surface area contributed by atoms with Crippen molar-refractivity contribution in [2.75, 3.05) is 18.9 Å². The predicted octanol–water partition coefficient (Wildman–Crippen LogP) is 3.33. The molecule has 0 aromatic heterocycles. The summed E-state index contributed by atoms with van der Waals surface area (Å²) < 4.78 is 0. The molecule has 2 aromatic carbocycles. The lowest BCUT2D eigenvalue weighted by Gasteiger charge is -2.58. The van der Waals surface area contributed by atoms with Crippen LogP contribution >= 0.6 is 0 Å². The average Bonchev–Trinajstić information content (AvgIpc) is 2.65. The molecule has 0 unspecified atom stereocenters. The van der Waals surface area contributed by atoms with Crippen molar-refractivity contribution in [3.8, 4) is 5.75 Å². The fourth-order valence-corrected chi connectivity index (χ4v) is 5.45. The first-order chi connectivity index (χ1) is 13.0. The maximum atomic E-state index is 13.1. The van der Waals surface area contributed by atoms with Crippen LogP contribution in [0.5, 0.6) is 5.75 Å². The number of aromatic hydroxyl groups is 1. The highest BCUT2D eigenvalue weighted by Crippen LogP contribution is 2.48. The fraction of sp³-hybridized carbons (Fsp3) is 0.409. The van der Waals surface area contributed by atoms with Gasteiger partial charge in [-0.2, -0.15) is 0 Å². The Balaban J connectivity index is 1.62. The number of phenols is 1. The van der Waals surface area contributed by atoms with Gasteiger partial charge in [0.05, 0.1) is 6.04 Å². The van der Waals surface area contributed by atoms with Crippen LogP contribution in [0.4, 0.5) is 10.5 Å². The van der Waals surface area contributed by atoms with E-state index in [4.69, 9.17) is 0 Å². The Morgan fingerprint density at radius 1 is 1.19 bits per heavy atom. The molecular formula is C22H25N3O2. The first-order valence-corrected chi connectivity index (χ1v) is 9.65. The van der Waals surface area contributed by atoms with Crippen LogP contribution in [-0.2, 0) is 18.4 Å². The van der Waals surface area contributed by atoms with E-state index in [1.165, 1.54) is 11.1 Å². The SMILES string of the molecule is CN1CC[C@@]2(C)c3cc(O)ccc3C[C@@H]1[C@H]2N1Cc2ccccc2NC1=O. The minimum Gasteiger partial charge on any atom is -0.508 e. The number of hydrogen-bond donors (Lipinski definition) is 2. The number of urea groups is 1. The largest absolute Gasteiger partial charge is 0.508 e. The van der Waals surface area contributed by atoms with Crippen molar-refractivity contribution in [1.82, 2.24) is 9.80 Å². The van der Waals surface area contributed by atoms with E-state index in [1.807, 2.05) is 29.2 Å². The summed E-state index contributed by atoms with van der Waals surface area (Å²) in [6.07, 6.45) is 1.87.